The number of hydrogen-bond acceptors (Lipinski definition) is 4. The van der Waals surface area contributed by atoms with Crippen LogP contribution in [0.25, 0.3) is 11.3 Å². The Morgan fingerprint density at radius 1 is 1.07 bits per heavy atom. The molecule has 0 saturated carbocycles. The molecule has 1 amide bonds. The van der Waals surface area contributed by atoms with Gasteiger partial charge in [-0.1, -0.05) is 61.0 Å². The zero-order chi connectivity index (χ0) is 19.2. The van der Waals surface area contributed by atoms with E-state index in [1.807, 2.05) is 49.4 Å². The van der Waals surface area contributed by atoms with Gasteiger partial charge in [-0.05, 0) is 37.7 Å². The number of nitrogens with one attached hydrogen (secondary N) is 1. The number of nitrogens with zero attached hydrogens (tertiary/aromatic N) is 2. The molecular formula is C22H25N3O2. The molecule has 0 radical (unpaired) electrons. The zero-order valence-corrected chi connectivity index (χ0v) is 16.0. The van der Waals surface area contributed by atoms with E-state index in [0.717, 1.165) is 36.4 Å². The molecule has 27 heavy (non-hydrogen) atoms. The molecule has 0 bridgehead atoms. The Hall–Kier alpha value is -2.92. The van der Waals surface area contributed by atoms with Crippen molar-refractivity contribution in [3.63, 3.8) is 0 Å². The second kappa shape index (κ2) is 8.64. The molecule has 0 spiro atoms. The quantitative estimate of drug-likeness (QED) is 0.658. The smallest absolute Gasteiger partial charge is 0.294 e. The number of carbonyl (C=O) groups excluding carboxylic acids is 1. The molecule has 3 rings (SSSR count). The van der Waals surface area contributed by atoms with Gasteiger partial charge in [-0.25, -0.2) is 0 Å². The molecule has 140 valence electrons. The largest absolute Gasteiger partial charge is 0.350 e. The highest BCUT2D eigenvalue weighted by molar-refractivity contribution is 6.02. The van der Waals surface area contributed by atoms with Gasteiger partial charge in [-0.15, -0.1) is 0 Å². The van der Waals surface area contributed by atoms with Crippen LogP contribution in [0.5, 0.6) is 0 Å². The normalized spacial score (nSPS) is 11.0. The third-order valence-electron chi connectivity index (χ3n) is 4.57. The Morgan fingerprint density at radius 2 is 1.81 bits per heavy atom. The van der Waals surface area contributed by atoms with Gasteiger partial charge in [0.05, 0.1) is 0 Å². The number of anilines is 1. The topological polar surface area (TPSA) is 58.4 Å². The fourth-order valence-corrected chi connectivity index (χ4v) is 2.89. The third-order valence-corrected chi connectivity index (χ3v) is 4.57. The fourth-order valence-electron chi connectivity index (χ4n) is 2.89. The van der Waals surface area contributed by atoms with Crippen molar-refractivity contribution in [3.05, 3.63) is 71.5 Å². The highest BCUT2D eigenvalue weighted by Gasteiger charge is 2.14. The first-order chi connectivity index (χ1) is 13.1. The van der Waals surface area contributed by atoms with Crippen molar-refractivity contribution < 1.29 is 9.32 Å². The first-order valence-electron chi connectivity index (χ1n) is 9.25. The highest BCUT2D eigenvalue weighted by Crippen LogP contribution is 2.21. The summed E-state index contributed by atoms with van der Waals surface area (Å²) in [5.74, 6) is -0.111. The van der Waals surface area contributed by atoms with Crippen LogP contribution in [0.2, 0.25) is 0 Å². The number of carbonyl (C=O) groups is 1. The second-order valence-corrected chi connectivity index (χ2v) is 6.56. The predicted octanol–water partition coefficient (Wildman–Crippen LogP) is 4.74. The van der Waals surface area contributed by atoms with E-state index in [4.69, 9.17) is 4.52 Å². The average molecular weight is 363 g/mol. The van der Waals surface area contributed by atoms with Crippen LogP contribution in [-0.2, 0) is 6.54 Å². The lowest BCUT2D eigenvalue weighted by molar-refractivity contribution is 0.0988. The van der Waals surface area contributed by atoms with E-state index in [-0.39, 0.29) is 11.7 Å². The molecule has 0 atom stereocenters. The standard InChI is InChI=1S/C22H25N3O2/c1-4-25(5-2)15-17-7-6-8-19(13-17)23-22(26)21-14-20(24-27-21)18-11-9-16(3)10-12-18/h6-14H,4-5,15H2,1-3H3,(H,23,26). The summed E-state index contributed by atoms with van der Waals surface area (Å²) in [7, 11) is 0. The highest BCUT2D eigenvalue weighted by atomic mass is 16.5. The number of hydrogen-bond donors (Lipinski definition) is 1. The third kappa shape index (κ3) is 4.83. The average Bonchev–Trinajstić information content (AvgIpc) is 3.17. The molecule has 0 unspecified atom stereocenters. The molecule has 0 fully saturated rings. The van der Waals surface area contributed by atoms with Crippen LogP contribution in [0, 0.1) is 6.92 Å². The summed E-state index contributed by atoms with van der Waals surface area (Å²) in [6.07, 6.45) is 0. The molecule has 1 N–H and O–H groups in total. The van der Waals surface area contributed by atoms with Crippen LogP contribution in [0.15, 0.2) is 59.1 Å². The van der Waals surface area contributed by atoms with Crippen LogP contribution < -0.4 is 5.32 Å². The summed E-state index contributed by atoms with van der Waals surface area (Å²) in [6, 6.07) is 17.5. The van der Waals surface area contributed by atoms with Gasteiger partial charge in [0.2, 0.25) is 5.76 Å². The van der Waals surface area contributed by atoms with Gasteiger partial charge >= 0.3 is 0 Å². The molecule has 1 aromatic heterocycles. The molecule has 3 aromatic rings. The van der Waals surface area contributed by atoms with Crippen LogP contribution in [0.4, 0.5) is 5.69 Å². The Morgan fingerprint density at radius 3 is 2.52 bits per heavy atom. The lowest BCUT2D eigenvalue weighted by Crippen LogP contribution is -2.22. The first-order valence-corrected chi connectivity index (χ1v) is 9.25. The van der Waals surface area contributed by atoms with Crippen molar-refractivity contribution >= 4 is 11.6 Å². The van der Waals surface area contributed by atoms with E-state index in [1.165, 1.54) is 5.56 Å². The molecular weight excluding hydrogens is 338 g/mol. The zero-order valence-electron chi connectivity index (χ0n) is 16.0. The van der Waals surface area contributed by atoms with Crippen LogP contribution in [-0.4, -0.2) is 29.1 Å². The Kier molecular flexibility index (Phi) is 6.04. The van der Waals surface area contributed by atoms with E-state index in [1.54, 1.807) is 6.07 Å². The van der Waals surface area contributed by atoms with Gasteiger partial charge in [0.25, 0.3) is 5.91 Å². The Bertz CT molecular complexity index is 896. The van der Waals surface area contributed by atoms with Crippen molar-refractivity contribution in [2.75, 3.05) is 18.4 Å². The predicted molar refractivity (Wildman–Crippen MR) is 108 cm³/mol. The number of rotatable bonds is 7. The maximum atomic E-state index is 12.5. The van der Waals surface area contributed by atoms with E-state index < -0.39 is 0 Å². The summed E-state index contributed by atoms with van der Waals surface area (Å²) in [4.78, 5) is 14.8. The number of aryl methyl sites for hydroxylation is 1. The SMILES string of the molecule is CCN(CC)Cc1cccc(NC(=O)c2cc(-c3ccc(C)cc3)no2)c1. The number of benzene rings is 2. The molecule has 0 aliphatic rings. The van der Waals surface area contributed by atoms with Crippen molar-refractivity contribution in [2.45, 2.75) is 27.3 Å². The molecule has 0 aliphatic heterocycles. The lowest BCUT2D eigenvalue weighted by atomic mass is 10.1. The maximum Gasteiger partial charge on any atom is 0.294 e. The van der Waals surface area contributed by atoms with Gasteiger partial charge in [-0.2, -0.15) is 0 Å². The molecule has 0 saturated heterocycles. The summed E-state index contributed by atoms with van der Waals surface area (Å²) in [6.45, 7) is 9.16. The van der Waals surface area contributed by atoms with Crippen molar-refractivity contribution in [2.24, 2.45) is 0 Å². The molecule has 1 heterocycles. The second-order valence-electron chi connectivity index (χ2n) is 6.56. The minimum Gasteiger partial charge on any atom is -0.350 e. The van der Waals surface area contributed by atoms with E-state index in [9.17, 15) is 4.79 Å². The van der Waals surface area contributed by atoms with Crippen LogP contribution >= 0.6 is 0 Å². The van der Waals surface area contributed by atoms with E-state index >= 15 is 0 Å². The fraction of sp³-hybridized carbons (Fsp3) is 0.273. The van der Waals surface area contributed by atoms with E-state index in [0.29, 0.717) is 5.69 Å². The summed E-state index contributed by atoms with van der Waals surface area (Å²) >= 11 is 0. The van der Waals surface area contributed by atoms with E-state index in [2.05, 4.69) is 35.3 Å². The van der Waals surface area contributed by atoms with Gasteiger partial charge in [0, 0.05) is 23.9 Å². The summed E-state index contributed by atoms with van der Waals surface area (Å²) < 4.78 is 5.24. The van der Waals surface area contributed by atoms with Crippen LogP contribution in [0.3, 0.4) is 0 Å². The van der Waals surface area contributed by atoms with Gasteiger partial charge in [-0.3, -0.25) is 9.69 Å². The minimum absolute atomic E-state index is 0.194. The molecule has 0 aliphatic carbocycles. The molecule has 2 aromatic carbocycles. The molecule has 5 nitrogen and oxygen atoms in total. The van der Waals surface area contributed by atoms with Crippen molar-refractivity contribution in [1.82, 2.24) is 10.1 Å². The summed E-state index contributed by atoms with van der Waals surface area (Å²) in [5, 5.41) is 6.91. The lowest BCUT2D eigenvalue weighted by Gasteiger charge is -2.18. The Balaban J connectivity index is 1.70. The van der Waals surface area contributed by atoms with Crippen LogP contribution in [0.1, 0.15) is 35.5 Å². The first kappa shape index (κ1) is 18.9. The monoisotopic (exact) mass is 363 g/mol. The maximum absolute atomic E-state index is 12.5. The van der Waals surface area contributed by atoms with Crippen molar-refractivity contribution in [3.8, 4) is 11.3 Å². The Labute approximate surface area is 160 Å². The van der Waals surface area contributed by atoms with Crippen molar-refractivity contribution in [1.29, 1.82) is 0 Å². The van der Waals surface area contributed by atoms with Gasteiger partial charge < -0.3 is 9.84 Å². The van der Waals surface area contributed by atoms with Gasteiger partial charge in [0.1, 0.15) is 5.69 Å². The van der Waals surface area contributed by atoms with Gasteiger partial charge in [0.15, 0.2) is 0 Å². The number of aromatic nitrogens is 1. The summed E-state index contributed by atoms with van der Waals surface area (Å²) in [5.41, 5.74) is 4.65. The minimum atomic E-state index is -0.305. The molecule has 5 heteroatoms. The number of amides is 1.